The molecule has 1 aromatic rings. The van der Waals surface area contributed by atoms with Gasteiger partial charge < -0.3 is 11.2 Å². The lowest BCUT2D eigenvalue weighted by Crippen LogP contribution is -2.63. The first-order chi connectivity index (χ1) is 18.9. The highest BCUT2D eigenvalue weighted by Crippen LogP contribution is 2.42. The van der Waals surface area contributed by atoms with Gasteiger partial charge >= 0.3 is 12.4 Å². The molecular weight excluding hydrogens is 592 g/mol. The molecule has 1 amide bonds. The van der Waals surface area contributed by atoms with Crippen molar-refractivity contribution in [3.63, 3.8) is 0 Å². The number of alkyl halides is 8. The topological polar surface area (TPSA) is 120 Å². The molecule has 2 aliphatic rings. The number of nitrogens with one attached hydrogen (secondary N) is 1. The number of rotatable bonds is 6. The zero-order chi connectivity index (χ0) is 30.9. The van der Waals surface area contributed by atoms with Crippen LogP contribution in [0.2, 0.25) is 0 Å². The number of halogens is 8. The molecule has 0 spiro atoms. The summed E-state index contributed by atoms with van der Waals surface area (Å²) in [5, 5.41) is 5.04. The molecule has 3 rings (SSSR count). The minimum Gasteiger partial charge on any atom is -0.350 e. The number of amides is 1. The van der Waals surface area contributed by atoms with Crippen molar-refractivity contribution in [3.8, 4) is 0 Å². The smallest absolute Gasteiger partial charge is 0.350 e. The lowest BCUT2D eigenvalue weighted by atomic mass is 9.78. The Morgan fingerprint density at radius 3 is 2.10 bits per heavy atom. The number of piperazine rings is 1. The predicted molar refractivity (Wildman–Crippen MR) is 133 cm³/mol. The SMILES string of the molecule is CN=C/C(=N/N)S(=O)(=O)N1CCN(C2(CNC(=O)c3ccc(C(F)(F)F)cc3C(F)(F)F)CCC(F)(F)CC2)CC1. The van der Waals surface area contributed by atoms with Crippen LogP contribution in [-0.2, 0) is 22.4 Å². The van der Waals surface area contributed by atoms with Crippen LogP contribution in [0.3, 0.4) is 0 Å². The Kier molecular flexibility index (Phi) is 9.39. The molecule has 18 heteroatoms. The fourth-order valence-corrected chi connectivity index (χ4v) is 6.27. The Bertz CT molecular complexity index is 1280. The quantitative estimate of drug-likeness (QED) is 0.166. The van der Waals surface area contributed by atoms with Crippen LogP contribution in [0.25, 0.3) is 0 Å². The summed E-state index contributed by atoms with van der Waals surface area (Å²) >= 11 is 0. The number of carbonyl (C=O) groups excluding carboxylic acids is 1. The molecule has 1 aromatic carbocycles. The fraction of sp³-hybridized carbons (Fsp3) is 0.609. The van der Waals surface area contributed by atoms with Gasteiger partial charge in [-0.2, -0.15) is 35.7 Å². The second kappa shape index (κ2) is 11.8. The van der Waals surface area contributed by atoms with Gasteiger partial charge in [-0.1, -0.05) is 0 Å². The molecule has 0 atom stereocenters. The lowest BCUT2D eigenvalue weighted by Gasteiger charge is -2.50. The average Bonchev–Trinajstić information content (AvgIpc) is 2.90. The van der Waals surface area contributed by atoms with Crippen LogP contribution in [-0.4, -0.2) is 86.0 Å². The Morgan fingerprint density at radius 1 is 1.02 bits per heavy atom. The van der Waals surface area contributed by atoms with E-state index in [9.17, 15) is 48.3 Å². The van der Waals surface area contributed by atoms with Crippen molar-refractivity contribution in [2.45, 2.75) is 49.5 Å². The summed E-state index contributed by atoms with van der Waals surface area (Å²) in [4.78, 5) is 18.1. The van der Waals surface area contributed by atoms with Crippen molar-refractivity contribution in [2.24, 2.45) is 15.9 Å². The number of hydrogen-bond donors (Lipinski definition) is 2. The molecule has 1 saturated heterocycles. The summed E-state index contributed by atoms with van der Waals surface area (Å²) in [7, 11) is -2.80. The summed E-state index contributed by atoms with van der Waals surface area (Å²) in [6.45, 7) is -0.568. The standard InChI is InChI=1S/C23H28F8N6O3S/c1-33-13-18(35-32)41(39,40)37-10-8-36(9-11-37)20(4-6-21(24,25)7-5-20)14-34-19(38)16-3-2-15(22(26,27)28)12-17(16)23(29,30)31/h2-3,12-13H,4-11,14,32H2,1H3,(H,34,38)/b33-13?,35-18-. The van der Waals surface area contributed by atoms with Gasteiger partial charge in [-0.25, -0.2) is 17.2 Å². The van der Waals surface area contributed by atoms with Crippen molar-refractivity contribution in [1.82, 2.24) is 14.5 Å². The van der Waals surface area contributed by atoms with E-state index in [1.54, 1.807) is 4.90 Å². The molecule has 1 aliphatic heterocycles. The van der Waals surface area contributed by atoms with E-state index in [0.717, 1.165) is 10.5 Å². The first-order valence-electron chi connectivity index (χ1n) is 12.3. The van der Waals surface area contributed by atoms with Crippen molar-refractivity contribution < 1.29 is 48.3 Å². The second-order valence-corrected chi connectivity index (χ2v) is 11.6. The van der Waals surface area contributed by atoms with Gasteiger partial charge in [-0.3, -0.25) is 14.7 Å². The fourth-order valence-electron chi connectivity index (χ4n) is 4.99. The van der Waals surface area contributed by atoms with Gasteiger partial charge in [0.05, 0.1) is 22.9 Å². The molecule has 9 nitrogen and oxygen atoms in total. The normalized spacial score (nSPS) is 21.2. The first-order valence-corrected chi connectivity index (χ1v) is 13.7. The third kappa shape index (κ3) is 7.32. The highest BCUT2D eigenvalue weighted by molar-refractivity contribution is 8.06. The van der Waals surface area contributed by atoms with Gasteiger partial charge in [0.25, 0.3) is 15.9 Å². The third-order valence-electron chi connectivity index (χ3n) is 7.27. The number of nitrogens with zero attached hydrogens (tertiary/aromatic N) is 4. The first kappa shape index (κ1) is 32.7. The van der Waals surface area contributed by atoms with E-state index in [2.05, 4.69) is 15.4 Å². The molecule has 0 unspecified atom stereocenters. The summed E-state index contributed by atoms with van der Waals surface area (Å²) < 4.78 is 135. The van der Waals surface area contributed by atoms with E-state index < -0.39 is 80.9 Å². The van der Waals surface area contributed by atoms with Crippen LogP contribution in [0.1, 0.15) is 47.2 Å². The summed E-state index contributed by atoms with van der Waals surface area (Å²) in [6, 6.07) is 0.610. The molecular formula is C23H28F8N6O3S. The van der Waals surface area contributed by atoms with Gasteiger partial charge in [0, 0.05) is 58.2 Å². The summed E-state index contributed by atoms with van der Waals surface area (Å²) in [5.41, 5.74) is -5.61. The molecule has 1 aliphatic carbocycles. The lowest BCUT2D eigenvalue weighted by molar-refractivity contribution is -0.143. The Balaban J connectivity index is 1.83. The highest BCUT2D eigenvalue weighted by Gasteiger charge is 2.48. The number of aliphatic imine (C=N–C) groups is 1. The average molecular weight is 621 g/mol. The largest absolute Gasteiger partial charge is 0.417 e. The number of carbonyl (C=O) groups is 1. The Morgan fingerprint density at radius 2 is 1.61 bits per heavy atom. The molecule has 0 radical (unpaired) electrons. The van der Waals surface area contributed by atoms with E-state index in [-0.39, 0.29) is 45.1 Å². The van der Waals surface area contributed by atoms with Crippen molar-refractivity contribution in [2.75, 3.05) is 39.8 Å². The van der Waals surface area contributed by atoms with Crippen molar-refractivity contribution in [3.05, 3.63) is 34.9 Å². The van der Waals surface area contributed by atoms with Crippen LogP contribution < -0.4 is 11.2 Å². The van der Waals surface area contributed by atoms with Crippen LogP contribution in [0.4, 0.5) is 35.1 Å². The number of hydrogen-bond acceptors (Lipinski definition) is 7. The van der Waals surface area contributed by atoms with Crippen molar-refractivity contribution >= 4 is 27.2 Å². The monoisotopic (exact) mass is 620 g/mol. The zero-order valence-electron chi connectivity index (χ0n) is 21.7. The summed E-state index contributed by atoms with van der Waals surface area (Å²) in [5.74, 6) is 0.829. The maximum Gasteiger partial charge on any atom is 0.417 e. The number of nitrogens with two attached hydrogens (primary N) is 1. The van der Waals surface area contributed by atoms with Gasteiger partial charge in [-0.15, -0.1) is 0 Å². The van der Waals surface area contributed by atoms with Gasteiger partial charge in [-0.05, 0) is 31.0 Å². The van der Waals surface area contributed by atoms with Crippen LogP contribution in [0.5, 0.6) is 0 Å². The number of hydrazone groups is 1. The van der Waals surface area contributed by atoms with E-state index in [4.69, 9.17) is 5.84 Å². The summed E-state index contributed by atoms with van der Waals surface area (Å²) in [6.07, 6.45) is -10.9. The maximum atomic E-state index is 14.1. The second-order valence-electron chi connectivity index (χ2n) is 9.76. The van der Waals surface area contributed by atoms with Gasteiger partial charge in [0.1, 0.15) is 0 Å². The van der Waals surface area contributed by atoms with E-state index in [1.165, 1.54) is 7.05 Å². The van der Waals surface area contributed by atoms with Crippen LogP contribution in [0.15, 0.2) is 28.3 Å². The van der Waals surface area contributed by atoms with Gasteiger partial charge in [0.15, 0.2) is 0 Å². The molecule has 1 heterocycles. The van der Waals surface area contributed by atoms with E-state index in [0.29, 0.717) is 12.1 Å². The Hall–Kier alpha value is -2.86. The molecule has 230 valence electrons. The van der Waals surface area contributed by atoms with Crippen molar-refractivity contribution in [1.29, 1.82) is 0 Å². The predicted octanol–water partition coefficient (Wildman–Crippen LogP) is 3.32. The van der Waals surface area contributed by atoms with E-state index in [1.807, 2.05) is 0 Å². The molecule has 41 heavy (non-hydrogen) atoms. The van der Waals surface area contributed by atoms with Crippen LogP contribution >= 0.6 is 0 Å². The minimum absolute atomic E-state index is 0.0237. The molecule has 0 bridgehead atoms. The minimum atomic E-state index is -5.28. The zero-order valence-corrected chi connectivity index (χ0v) is 22.5. The van der Waals surface area contributed by atoms with E-state index >= 15 is 0 Å². The van der Waals surface area contributed by atoms with Gasteiger partial charge in [0.2, 0.25) is 11.0 Å². The molecule has 3 N–H and O–H groups in total. The molecule has 1 saturated carbocycles. The molecule has 0 aromatic heterocycles. The number of sulfonamides is 1. The molecule has 2 fully saturated rings. The third-order valence-corrected chi connectivity index (χ3v) is 9.05. The highest BCUT2D eigenvalue weighted by atomic mass is 32.2. The Labute approximate surface area is 230 Å². The number of benzene rings is 1. The van der Waals surface area contributed by atoms with Crippen LogP contribution in [0, 0.1) is 0 Å². The maximum absolute atomic E-state index is 14.1.